The number of rotatable bonds is 8. The van der Waals surface area contributed by atoms with Crippen molar-refractivity contribution in [1.29, 1.82) is 0 Å². The number of halogens is 2. The Morgan fingerprint density at radius 3 is 1.60 bits per heavy atom. The molecule has 2 aromatic carbocycles. The maximum atomic E-state index is 11.9. The first kappa shape index (κ1) is 34.0. The first-order valence-corrected chi connectivity index (χ1v) is 10.5. The third-order valence-corrected chi connectivity index (χ3v) is 4.67. The van der Waals surface area contributed by atoms with Crippen LogP contribution in [-0.2, 0) is 9.59 Å². The van der Waals surface area contributed by atoms with Crippen LogP contribution in [0.2, 0.25) is 10.0 Å². The third-order valence-electron chi connectivity index (χ3n) is 4.20. The van der Waals surface area contributed by atoms with E-state index in [9.17, 15) is 19.2 Å². The highest BCUT2D eigenvalue weighted by Crippen LogP contribution is 2.20. The Bertz CT molecular complexity index is 1040. The van der Waals surface area contributed by atoms with Gasteiger partial charge in [0, 0.05) is 58.4 Å². The Balaban J connectivity index is 0. The summed E-state index contributed by atoms with van der Waals surface area (Å²) < 4.78 is 0. The molecule has 1 amide bonds. The van der Waals surface area contributed by atoms with E-state index in [0.717, 1.165) is 0 Å². The first-order chi connectivity index (χ1) is 15.3. The molecular formula is C24H34Cl2N4O5. The number of nitrogen functional groups attached to an aromatic ring is 2. The maximum Gasteiger partial charge on any atom is 0.326 e. The van der Waals surface area contributed by atoms with Crippen molar-refractivity contribution in [3.63, 3.8) is 0 Å². The summed E-state index contributed by atoms with van der Waals surface area (Å²) in [6, 6.07) is 7.72. The molecule has 0 fully saturated rings. The van der Waals surface area contributed by atoms with Crippen LogP contribution < -0.4 is 22.5 Å². The molecule has 0 spiro atoms. The fourth-order valence-corrected chi connectivity index (χ4v) is 3.08. The molecule has 194 valence electrons. The summed E-state index contributed by atoms with van der Waals surface area (Å²) in [6.45, 7) is 2.96. The number of amides is 1. The lowest BCUT2D eigenvalue weighted by Crippen LogP contribution is -2.41. The number of nitrogens with one attached hydrogen (secondary N) is 1. The molecule has 11 heteroatoms. The van der Waals surface area contributed by atoms with E-state index in [2.05, 4.69) is 5.32 Å². The van der Waals surface area contributed by atoms with Crippen molar-refractivity contribution in [2.24, 2.45) is 5.73 Å². The lowest BCUT2D eigenvalue weighted by atomic mass is 10.0. The number of benzene rings is 2. The van der Waals surface area contributed by atoms with Gasteiger partial charge in [-0.3, -0.25) is 14.4 Å². The predicted octanol–water partition coefficient (Wildman–Crippen LogP) is 4.20. The highest BCUT2D eigenvalue weighted by atomic mass is 35.5. The number of nitrogens with two attached hydrogens (primary N) is 3. The van der Waals surface area contributed by atoms with Gasteiger partial charge in [0.15, 0.2) is 11.6 Å². The van der Waals surface area contributed by atoms with Crippen LogP contribution in [-0.4, -0.2) is 40.6 Å². The molecule has 2 aromatic rings. The minimum absolute atomic E-state index is 0. The number of aliphatic carboxylic acids is 1. The summed E-state index contributed by atoms with van der Waals surface area (Å²) in [6.07, 6.45) is -0.0768. The van der Waals surface area contributed by atoms with Gasteiger partial charge in [0.2, 0.25) is 5.91 Å². The largest absolute Gasteiger partial charge is 0.480 e. The van der Waals surface area contributed by atoms with E-state index in [0.29, 0.717) is 27.7 Å². The van der Waals surface area contributed by atoms with Crippen LogP contribution in [0.15, 0.2) is 36.4 Å². The summed E-state index contributed by atoms with van der Waals surface area (Å²) in [5.41, 5.74) is 18.1. The third kappa shape index (κ3) is 11.7. The van der Waals surface area contributed by atoms with E-state index in [-0.39, 0.29) is 44.4 Å². The molecule has 0 bridgehead atoms. The molecule has 2 rings (SSSR count). The number of hydrogen-bond donors (Lipinski definition) is 5. The molecule has 0 saturated heterocycles. The van der Waals surface area contributed by atoms with Crippen LogP contribution in [0.4, 0.5) is 11.4 Å². The summed E-state index contributed by atoms with van der Waals surface area (Å²) >= 11 is 11.4. The molecule has 8 N–H and O–H groups in total. The van der Waals surface area contributed by atoms with Crippen LogP contribution in [0, 0.1) is 0 Å². The first-order valence-electron chi connectivity index (χ1n) is 9.73. The Hall–Kier alpha value is -3.14. The van der Waals surface area contributed by atoms with Gasteiger partial charge in [-0.15, -0.1) is 0 Å². The van der Waals surface area contributed by atoms with E-state index >= 15 is 0 Å². The second kappa shape index (κ2) is 15.7. The quantitative estimate of drug-likeness (QED) is 0.249. The van der Waals surface area contributed by atoms with Crippen LogP contribution in [0.3, 0.4) is 0 Å². The van der Waals surface area contributed by atoms with Crippen molar-refractivity contribution < 1.29 is 24.3 Å². The SMILES string of the molecule is C.C.CC(=O)NC(CC(=O)c1ccc(Cl)cc1N)C(=O)O.C[C@@H](N)CC(=O)c1ccc(Cl)cc1N. The van der Waals surface area contributed by atoms with Gasteiger partial charge in [-0.25, -0.2) is 4.79 Å². The normalized spacial score (nSPS) is 11.3. The Labute approximate surface area is 216 Å². The van der Waals surface area contributed by atoms with Gasteiger partial charge in [-0.1, -0.05) is 38.1 Å². The molecule has 9 nitrogen and oxygen atoms in total. The molecule has 2 atom stereocenters. The number of carboxylic acids is 1. The molecule has 1 unspecified atom stereocenters. The van der Waals surface area contributed by atoms with Gasteiger partial charge in [-0.2, -0.15) is 0 Å². The number of carbonyl (C=O) groups excluding carboxylic acids is 3. The minimum atomic E-state index is -1.28. The maximum absolute atomic E-state index is 11.9. The summed E-state index contributed by atoms with van der Waals surface area (Å²) in [7, 11) is 0. The standard InChI is InChI=1S/C12H13ClN2O4.C10H13ClN2O.2CH4/c1-6(16)15-10(12(18)19)5-11(17)8-3-2-7(13)4-9(8)14;1-6(12)4-10(14)8-3-2-7(11)5-9(8)13;;/h2-4,10H,5,14H2,1H3,(H,15,16)(H,18,19);2-3,5-6H,4,12-13H2,1H3;2*1H4/t;6-;;/m.1../s1. The lowest BCUT2D eigenvalue weighted by molar-refractivity contribution is -0.141. The van der Waals surface area contributed by atoms with Crippen molar-refractivity contribution in [3.05, 3.63) is 57.6 Å². The average Bonchev–Trinajstić information content (AvgIpc) is 2.66. The molecule has 0 aliphatic rings. The van der Waals surface area contributed by atoms with E-state index < -0.39 is 23.7 Å². The van der Waals surface area contributed by atoms with E-state index in [1.165, 1.54) is 25.1 Å². The van der Waals surface area contributed by atoms with Crippen molar-refractivity contribution in [2.75, 3.05) is 11.5 Å². The van der Waals surface area contributed by atoms with Gasteiger partial charge < -0.3 is 27.6 Å². The fraction of sp³-hybridized carbons (Fsp3) is 0.333. The van der Waals surface area contributed by atoms with Gasteiger partial charge in [0.1, 0.15) is 6.04 Å². The Kier molecular flexibility index (Phi) is 15.3. The number of hydrogen-bond acceptors (Lipinski definition) is 7. The van der Waals surface area contributed by atoms with Gasteiger partial charge >= 0.3 is 5.97 Å². The minimum Gasteiger partial charge on any atom is -0.480 e. The topological polar surface area (TPSA) is 179 Å². The monoisotopic (exact) mass is 528 g/mol. The van der Waals surface area contributed by atoms with Crippen LogP contribution in [0.25, 0.3) is 0 Å². The van der Waals surface area contributed by atoms with Crippen molar-refractivity contribution >= 4 is 58.0 Å². The fourth-order valence-electron chi connectivity index (χ4n) is 2.72. The zero-order valence-corrected chi connectivity index (χ0v) is 19.6. The van der Waals surface area contributed by atoms with Crippen molar-refractivity contribution in [3.8, 4) is 0 Å². The van der Waals surface area contributed by atoms with Crippen molar-refractivity contribution in [2.45, 2.75) is 53.6 Å². The zero-order valence-electron chi connectivity index (χ0n) is 18.1. The molecule has 0 aliphatic heterocycles. The van der Waals surface area contributed by atoms with Gasteiger partial charge in [-0.05, 0) is 43.3 Å². The zero-order chi connectivity index (χ0) is 25.3. The molecule has 0 heterocycles. The smallest absolute Gasteiger partial charge is 0.326 e. The Morgan fingerprint density at radius 1 is 0.886 bits per heavy atom. The number of anilines is 2. The molecule has 0 radical (unpaired) electrons. The highest BCUT2D eigenvalue weighted by molar-refractivity contribution is 6.31. The van der Waals surface area contributed by atoms with E-state index in [4.69, 9.17) is 45.5 Å². The second-order valence-corrected chi connectivity index (χ2v) is 8.16. The molecule has 0 aromatic heterocycles. The van der Waals surface area contributed by atoms with Crippen LogP contribution >= 0.6 is 23.2 Å². The average molecular weight is 529 g/mol. The van der Waals surface area contributed by atoms with E-state index in [1.807, 2.05) is 0 Å². The molecule has 0 aliphatic carbocycles. The number of carbonyl (C=O) groups is 4. The number of ketones is 2. The molecule has 0 saturated carbocycles. The molecule has 35 heavy (non-hydrogen) atoms. The molecular weight excluding hydrogens is 495 g/mol. The van der Waals surface area contributed by atoms with Crippen LogP contribution in [0.5, 0.6) is 0 Å². The highest BCUT2D eigenvalue weighted by Gasteiger charge is 2.23. The van der Waals surface area contributed by atoms with Crippen molar-refractivity contribution in [1.82, 2.24) is 5.32 Å². The predicted molar refractivity (Wildman–Crippen MR) is 142 cm³/mol. The number of carboxylic acid groups (broad SMARTS) is 1. The van der Waals surface area contributed by atoms with Crippen LogP contribution in [0.1, 0.15) is 62.3 Å². The number of Topliss-reactive ketones (excluding diaryl/α,β-unsaturated/α-hetero) is 2. The lowest BCUT2D eigenvalue weighted by Gasteiger charge is -2.13. The summed E-state index contributed by atoms with van der Waals surface area (Å²) in [4.78, 5) is 45.3. The Morgan fingerprint density at radius 2 is 1.29 bits per heavy atom. The van der Waals surface area contributed by atoms with Gasteiger partial charge in [0.25, 0.3) is 0 Å². The summed E-state index contributed by atoms with van der Waals surface area (Å²) in [5, 5.41) is 12.0. The summed E-state index contributed by atoms with van der Waals surface area (Å²) in [5.74, 6) is -2.33. The van der Waals surface area contributed by atoms with Gasteiger partial charge in [0.05, 0.1) is 0 Å². The second-order valence-electron chi connectivity index (χ2n) is 7.29. The van der Waals surface area contributed by atoms with E-state index in [1.54, 1.807) is 25.1 Å².